The van der Waals surface area contributed by atoms with E-state index >= 15 is 0 Å². The molecule has 0 bridgehead atoms. The number of halogens is 1. The van der Waals surface area contributed by atoms with Crippen LogP contribution < -0.4 is 5.32 Å². The standard InChI is InChI=1S/C10H18INO/c1-9(2,11)8(13)6-10(3)4-5-12-7-10/h12H,4-7H2,1-3H3/p+1. The van der Waals surface area contributed by atoms with Crippen molar-refractivity contribution >= 4 is 28.4 Å². The summed E-state index contributed by atoms with van der Waals surface area (Å²) < 4.78 is -0.191. The zero-order valence-electron chi connectivity index (χ0n) is 8.69. The third-order valence-corrected chi connectivity index (χ3v) is 3.44. The summed E-state index contributed by atoms with van der Waals surface area (Å²) >= 11 is 2.24. The second-order valence-electron chi connectivity index (χ2n) is 4.91. The van der Waals surface area contributed by atoms with E-state index in [0.29, 0.717) is 5.78 Å². The van der Waals surface area contributed by atoms with Crippen molar-refractivity contribution in [3.05, 3.63) is 0 Å². The fourth-order valence-electron chi connectivity index (χ4n) is 1.76. The first-order valence-electron chi connectivity index (χ1n) is 4.87. The summed E-state index contributed by atoms with van der Waals surface area (Å²) in [6.45, 7) is 8.53. The summed E-state index contributed by atoms with van der Waals surface area (Å²) in [6.07, 6.45) is 1.94. The molecule has 0 aliphatic carbocycles. The van der Waals surface area contributed by atoms with Crippen LogP contribution in [0.25, 0.3) is 0 Å². The van der Waals surface area contributed by atoms with Gasteiger partial charge in [-0.05, 0) is 13.8 Å². The molecule has 0 saturated carbocycles. The molecule has 0 aromatic carbocycles. The molecule has 1 fully saturated rings. The Kier molecular flexibility index (Phi) is 3.38. The number of alkyl halides is 1. The zero-order chi connectivity index (χ0) is 10.1. The second kappa shape index (κ2) is 3.85. The number of carbonyl (C=O) groups is 1. The van der Waals surface area contributed by atoms with Gasteiger partial charge in [-0.3, -0.25) is 4.79 Å². The summed E-state index contributed by atoms with van der Waals surface area (Å²) in [5.74, 6) is 0.394. The molecule has 1 unspecified atom stereocenters. The molecule has 1 atom stereocenters. The van der Waals surface area contributed by atoms with Gasteiger partial charge in [-0.15, -0.1) is 0 Å². The van der Waals surface area contributed by atoms with Gasteiger partial charge in [0.05, 0.1) is 16.5 Å². The highest BCUT2D eigenvalue weighted by atomic mass is 127. The SMILES string of the molecule is CC1(CC(=O)C(C)(C)I)CC[NH2+]C1. The van der Waals surface area contributed by atoms with Gasteiger partial charge < -0.3 is 5.32 Å². The predicted molar refractivity (Wildman–Crippen MR) is 62.1 cm³/mol. The van der Waals surface area contributed by atoms with Gasteiger partial charge in [0.1, 0.15) is 5.78 Å². The van der Waals surface area contributed by atoms with Gasteiger partial charge in [0, 0.05) is 18.3 Å². The van der Waals surface area contributed by atoms with Crippen molar-refractivity contribution in [1.29, 1.82) is 0 Å². The fourth-order valence-corrected chi connectivity index (χ4v) is 1.95. The van der Waals surface area contributed by atoms with E-state index in [0.717, 1.165) is 13.0 Å². The first-order chi connectivity index (χ1) is 5.83. The van der Waals surface area contributed by atoms with Gasteiger partial charge in [0.15, 0.2) is 0 Å². The van der Waals surface area contributed by atoms with Gasteiger partial charge in [0.2, 0.25) is 0 Å². The number of quaternary nitrogens is 1. The molecule has 2 N–H and O–H groups in total. The average molecular weight is 296 g/mol. The summed E-state index contributed by atoms with van der Waals surface area (Å²) in [5.41, 5.74) is 0.263. The molecule has 0 radical (unpaired) electrons. The monoisotopic (exact) mass is 296 g/mol. The minimum absolute atomic E-state index is 0.191. The minimum atomic E-state index is -0.191. The third-order valence-electron chi connectivity index (χ3n) is 2.84. The molecule has 13 heavy (non-hydrogen) atoms. The number of nitrogens with two attached hydrogens (primary N) is 1. The molecule has 1 heterocycles. The highest BCUT2D eigenvalue weighted by Gasteiger charge is 2.37. The number of hydrogen-bond acceptors (Lipinski definition) is 1. The molecule has 2 nitrogen and oxygen atoms in total. The number of Topliss-reactive ketones (excluding diaryl/α,β-unsaturated/α-hetero) is 1. The van der Waals surface area contributed by atoms with Crippen molar-refractivity contribution < 1.29 is 10.1 Å². The summed E-state index contributed by atoms with van der Waals surface area (Å²) in [4.78, 5) is 11.8. The third kappa shape index (κ3) is 3.20. The van der Waals surface area contributed by atoms with Crippen LogP contribution in [-0.4, -0.2) is 22.3 Å². The molecule has 1 saturated heterocycles. The van der Waals surface area contributed by atoms with Gasteiger partial charge in [0.25, 0.3) is 0 Å². The zero-order valence-corrected chi connectivity index (χ0v) is 10.8. The molecular formula is C10H19INO+. The maximum atomic E-state index is 11.8. The molecule has 1 aliphatic heterocycles. The van der Waals surface area contributed by atoms with Crippen LogP contribution in [-0.2, 0) is 4.79 Å². The van der Waals surface area contributed by atoms with Crippen LogP contribution in [0.2, 0.25) is 0 Å². The Balaban J connectivity index is 2.53. The molecule has 0 aromatic heterocycles. The number of hydrogen-bond donors (Lipinski definition) is 1. The highest BCUT2D eigenvalue weighted by Crippen LogP contribution is 2.31. The van der Waals surface area contributed by atoms with Crippen LogP contribution in [0.3, 0.4) is 0 Å². The molecule has 3 heteroatoms. The van der Waals surface area contributed by atoms with Crippen LogP contribution in [0.5, 0.6) is 0 Å². The highest BCUT2D eigenvalue weighted by molar-refractivity contribution is 14.1. The van der Waals surface area contributed by atoms with Crippen molar-refractivity contribution in [3.8, 4) is 0 Å². The van der Waals surface area contributed by atoms with Crippen LogP contribution >= 0.6 is 22.6 Å². The summed E-state index contributed by atoms with van der Waals surface area (Å²) in [6, 6.07) is 0. The van der Waals surface area contributed by atoms with Crippen LogP contribution in [0.1, 0.15) is 33.6 Å². The van der Waals surface area contributed by atoms with Crippen molar-refractivity contribution in [2.45, 2.75) is 37.0 Å². The molecule has 1 aliphatic rings. The first-order valence-corrected chi connectivity index (χ1v) is 5.95. The van der Waals surface area contributed by atoms with E-state index in [2.05, 4.69) is 34.8 Å². The topological polar surface area (TPSA) is 33.7 Å². The van der Waals surface area contributed by atoms with Crippen molar-refractivity contribution in [3.63, 3.8) is 0 Å². The van der Waals surface area contributed by atoms with Gasteiger partial charge in [-0.2, -0.15) is 0 Å². The van der Waals surface area contributed by atoms with E-state index in [-0.39, 0.29) is 8.84 Å². The van der Waals surface area contributed by atoms with E-state index in [1.807, 2.05) is 13.8 Å². The van der Waals surface area contributed by atoms with E-state index < -0.39 is 0 Å². The lowest BCUT2D eigenvalue weighted by Gasteiger charge is -2.23. The van der Waals surface area contributed by atoms with E-state index in [4.69, 9.17) is 0 Å². The lowest BCUT2D eigenvalue weighted by Crippen LogP contribution is -2.81. The van der Waals surface area contributed by atoms with Crippen LogP contribution in [0.4, 0.5) is 0 Å². The molecule has 0 amide bonds. The van der Waals surface area contributed by atoms with Crippen LogP contribution in [0, 0.1) is 5.41 Å². The van der Waals surface area contributed by atoms with E-state index in [9.17, 15) is 4.79 Å². The smallest absolute Gasteiger partial charge is 0.148 e. The normalized spacial score (nSPS) is 29.2. The lowest BCUT2D eigenvalue weighted by atomic mass is 9.82. The number of rotatable bonds is 3. The van der Waals surface area contributed by atoms with Gasteiger partial charge in [-0.25, -0.2) is 0 Å². The number of ketones is 1. The number of carbonyl (C=O) groups excluding carboxylic acids is 1. The summed E-state index contributed by atoms with van der Waals surface area (Å²) in [5, 5.41) is 2.31. The average Bonchev–Trinajstić information content (AvgIpc) is 2.33. The van der Waals surface area contributed by atoms with E-state index in [1.165, 1.54) is 13.0 Å². The maximum absolute atomic E-state index is 11.8. The van der Waals surface area contributed by atoms with Crippen LogP contribution in [0.15, 0.2) is 0 Å². The lowest BCUT2D eigenvalue weighted by molar-refractivity contribution is -0.640. The molecule has 1 rings (SSSR count). The molecule has 0 aromatic rings. The Bertz CT molecular complexity index is 201. The predicted octanol–water partition coefficient (Wildman–Crippen LogP) is 1.13. The largest absolute Gasteiger partial charge is 0.346 e. The van der Waals surface area contributed by atoms with Crippen molar-refractivity contribution in [2.24, 2.45) is 5.41 Å². The Morgan fingerprint density at radius 3 is 2.62 bits per heavy atom. The molecule has 76 valence electrons. The minimum Gasteiger partial charge on any atom is -0.346 e. The van der Waals surface area contributed by atoms with Crippen molar-refractivity contribution in [1.82, 2.24) is 0 Å². The molecule has 0 spiro atoms. The van der Waals surface area contributed by atoms with Crippen molar-refractivity contribution in [2.75, 3.05) is 13.1 Å². The molecular weight excluding hydrogens is 277 g/mol. The Hall–Kier alpha value is 0.360. The Labute approximate surface area is 94.0 Å². The van der Waals surface area contributed by atoms with Gasteiger partial charge in [-0.1, -0.05) is 29.5 Å². The fraction of sp³-hybridized carbons (Fsp3) is 0.900. The Morgan fingerprint density at radius 2 is 2.23 bits per heavy atom. The summed E-state index contributed by atoms with van der Waals surface area (Å²) in [7, 11) is 0. The van der Waals surface area contributed by atoms with Gasteiger partial charge >= 0.3 is 0 Å². The quantitative estimate of drug-likeness (QED) is 0.615. The second-order valence-corrected chi connectivity index (χ2v) is 7.61. The van der Waals surface area contributed by atoms with E-state index in [1.54, 1.807) is 0 Å². The Morgan fingerprint density at radius 1 is 1.62 bits per heavy atom. The maximum Gasteiger partial charge on any atom is 0.148 e. The first kappa shape index (κ1) is 11.4.